The number of aromatic nitrogens is 4. The van der Waals surface area contributed by atoms with E-state index in [1.807, 2.05) is 22.9 Å². The Balaban J connectivity index is 1.31. The zero-order valence-electron chi connectivity index (χ0n) is 17.5. The van der Waals surface area contributed by atoms with Gasteiger partial charge in [0, 0.05) is 48.1 Å². The smallest absolute Gasteiger partial charge is 0.149 e. The second kappa shape index (κ2) is 7.70. The van der Waals surface area contributed by atoms with Gasteiger partial charge in [-0.2, -0.15) is 0 Å². The number of hydrogen-bond acceptors (Lipinski definition) is 6. The van der Waals surface area contributed by atoms with E-state index in [2.05, 4.69) is 20.5 Å². The number of hydrogen-bond donors (Lipinski definition) is 2. The molecule has 164 valence electrons. The van der Waals surface area contributed by atoms with Crippen molar-refractivity contribution in [1.82, 2.24) is 25.1 Å². The number of rotatable bonds is 3. The van der Waals surface area contributed by atoms with E-state index in [1.54, 1.807) is 30.7 Å². The number of nitrogens with one attached hydrogen (secondary N) is 1. The second-order valence-electron chi connectivity index (χ2n) is 8.77. The maximum Gasteiger partial charge on any atom is 0.149 e. The number of piperidine rings is 2. The van der Waals surface area contributed by atoms with Crippen LogP contribution in [0.2, 0.25) is 0 Å². The molecule has 2 bridgehead atoms. The van der Waals surface area contributed by atoms with E-state index in [-0.39, 0.29) is 17.7 Å². The number of fused-ring (bicyclic) bond motifs is 3. The normalized spacial score (nSPS) is 26.7. The number of alkyl halides is 1. The Bertz CT molecular complexity index is 1180. The van der Waals surface area contributed by atoms with Gasteiger partial charge >= 0.3 is 0 Å². The van der Waals surface area contributed by atoms with Gasteiger partial charge in [0.15, 0.2) is 0 Å². The third kappa shape index (κ3) is 3.26. The molecule has 2 unspecified atom stereocenters. The molecule has 5 heterocycles. The number of allylic oxidation sites excluding steroid dienone is 1. The van der Waals surface area contributed by atoms with E-state index >= 15 is 4.39 Å². The molecule has 2 fully saturated rings. The Hall–Kier alpha value is -3.26. The lowest BCUT2D eigenvalue weighted by Crippen LogP contribution is -2.55. The lowest BCUT2D eigenvalue weighted by molar-refractivity contribution is 0.0974. The summed E-state index contributed by atoms with van der Waals surface area (Å²) in [6.45, 7) is 0.380. The standard InChI is InChI=1S/C24H24FN5O2/c25-23-18(10-14-2-1-3-19(23)27-14)16-6-9-32-22-12-20(28-29-24(16)22)17-5-4-15(11-21(17)31)30-8-7-26-13-30/h4-8,11-14,18-19,23,27,31H,1-3,9-10H2/t14?,18-,19?,23+/m0/s1. The van der Waals surface area contributed by atoms with Crippen molar-refractivity contribution in [3.05, 3.63) is 54.8 Å². The molecule has 3 aromatic rings. The van der Waals surface area contributed by atoms with Gasteiger partial charge in [0.1, 0.15) is 35.7 Å². The summed E-state index contributed by atoms with van der Waals surface area (Å²) in [5, 5.41) is 22.9. The number of imidazole rings is 1. The average molecular weight is 433 g/mol. The van der Waals surface area contributed by atoms with Gasteiger partial charge in [0.2, 0.25) is 0 Å². The molecule has 2 aromatic heterocycles. The van der Waals surface area contributed by atoms with Gasteiger partial charge in [0.05, 0.1) is 12.0 Å². The van der Waals surface area contributed by atoms with Crippen molar-refractivity contribution in [3.8, 4) is 28.4 Å². The molecule has 8 heteroatoms. The van der Waals surface area contributed by atoms with E-state index < -0.39 is 6.17 Å². The summed E-state index contributed by atoms with van der Waals surface area (Å²) in [4.78, 5) is 4.03. The van der Waals surface area contributed by atoms with Crippen LogP contribution in [-0.4, -0.2) is 49.7 Å². The van der Waals surface area contributed by atoms with Gasteiger partial charge in [-0.1, -0.05) is 6.42 Å². The van der Waals surface area contributed by atoms with Crippen molar-refractivity contribution in [3.63, 3.8) is 0 Å². The fourth-order valence-corrected chi connectivity index (χ4v) is 5.28. The highest BCUT2D eigenvalue weighted by molar-refractivity contribution is 5.75. The largest absolute Gasteiger partial charge is 0.507 e. The fourth-order valence-electron chi connectivity index (χ4n) is 5.28. The van der Waals surface area contributed by atoms with Crippen LogP contribution in [0, 0.1) is 5.92 Å². The molecular weight excluding hydrogens is 409 g/mol. The van der Waals surface area contributed by atoms with Crippen molar-refractivity contribution in [2.24, 2.45) is 5.92 Å². The quantitative estimate of drug-likeness (QED) is 0.656. The molecule has 0 aliphatic carbocycles. The average Bonchev–Trinajstić information content (AvgIpc) is 3.36. The van der Waals surface area contributed by atoms with Gasteiger partial charge in [-0.05, 0) is 43.0 Å². The van der Waals surface area contributed by atoms with Crippen LogP contribution in [0.4, 0.5) is 4.39 Å². The first-order chi connectivity index (χ1) is 15.7. The molecule has 0 amide bonds. The van der Waals surface area contributed by atoms with E-state index in [4.69, 9.17) is 4.74 Å². The van der Waals surface area contributed by atoms with Crippen LogP contribution in [-0.2, 0) is 0 Å². The molecule has 3 aliphatic heterocycles. The minimum Gasteiger partial charge on any atom is -0.507 e. The molecular formula is C24H24FN5O2. The first-order valence-corrected chi connectivity index (χ1v) is 11.1. The Morgan fingerprint density at radius 2 is 2.12 bits per heavy atom. The summed E-state index contributed by atoms with van der Waals surface area (Å²) >= 11 is 0. The Labute approximate surface area is 185 Å². The number of benzene rings is 1. The predicted molar refractivity (Wildman–Crippen MR) is 117 cm³/mol. The number of ether oxygens (including phenoxy) is 1. The van der Waals surface area contributed by atoms with E-state index in [9.17, 15) is 5.11 Å². The first kappa shape index (κ1) is 19.4. The third-order valence-electron chi connectivity index (χ3n) is 6.86. The summed E-state index contributed by atoms with van der Waals surface area (Å²) in [6.07, 6.45) is 9.99. The SMILES string of the molecule is Oc1cc(-n2ccnc2)ccc1-c1cc2c(nn1)C([C@@H]1CC3CCCC(N3)[C@@H]1F)=CCO2. The molecule has 0 radical (unpaired) electrons. The van der Waals surface area contributed by atoms with E-state index in [1.165, 1.54) is 0 Å². The van der Waals surface area contributed by atoms with Crippen molar-refractivity contribution in [1.29, 1.82) is 0 Å². The van der Waals surface area contributed by atoms with E-state index in [0.717, 1.165) is 36.9 Å². The molecule has 7 nitrogen and oxygen atoms in total. The molecule has 2 N–H and O–H groups in total. The highest BCUT2D eigenvalue weighted by Gasteiger charge is 2.42. The van der Waals surface area contributed by atoms with Gasteiger partial charge in [-0.15, -0.1) is 10.2 Å². The molecule has 2 saturated heterocycles. The molecule has 3 aliphatic rings. The van der Waals surface area contributed by atoms with Crippen LogP contribution in [0.5, 0.6) is 11.5 Å². The molecule has 32 heavy (non-hydrogen) atoms. The maximum absolute atomic E-state index is 15.3. The highest BCUT2D eigenvalue weighted by Crippen LogP contribution is 2.43. The van der Waals surface area contributed by atoms with Crippen molar-refractivity contribution in [2.45, 2.75) is 43.9 Å². The van der Waals surface area contributed by atoms with Gasteiger partial charge in [0.25, 0.3) is 0 Å². The van der Waals surface area contributed by atoms with Gasteiger partial charge < -0.3 is 19.7 Å². The van der Waals surface area contributed by atoms with Crippen LogP contribution in [0.3, 0.4) is 0 Å². The van der Waals surface area contributed by atoms with Crippen molar-refractivity contribution < 1.29 is 14.2 Å². The van der Waals surface area contributed by atoms with Crippen LogP contribution in [0.25, 0.3) is 22.5 Å². The fraction of sp³-hybridized carbons (Fsp3) is 0.375. The second-order valence-corrected chi connectivity index (χ2v) is 8.77. The number of phenols is 1. The third-order valence-corrected chi connectivity index (χ3v) is 6.86. The molecule has 6 rings (SSSR count). The lowest BCUT2D eigenvalue weighted by atomic mass is 9.74. The van der Waals surface area contributed by atoms with Gasteiger partial charge in [-0.3, -0.25) is 0 Å². The molecule has 0 spiro atoms. The van der Waals surface area contributed by atoms with Crippen LogP contribution >= 0.6 is 0 Å². The topological polar surface area (TPSA) is 85.1 Å². The highest BCUT2D eigenvalue weighted by atomic mass is 19.1. The summed E-state index contributed by atoms with van der Waals surface area (Å²) in [5.41, 5.74) is 3.38. The van der Waals surface area contributed by atoms with Crippen LogP contribution in [0.1, 0.15) is 31.4 Å². The summed E-state index contributed by atoms with van der Waals surface area (Å²) in [6, 6.07) is 7.40. The van der Waals surface area contributed by atoms with E-state index in [0.29, 0.717) is 35.3 Å². The van der Waals surface area contributed by atoms with Crippen molar-refractivity contribution in [2.75, 3.05) is 6.61 Å². The lowest BCUT2D eigenvalue weighted by Gasteiger charge is -2.44. The maximum atomic E-state index is 15.3. The summed E-state index contributed by atoms with van der Waals surface area (Å²) < 4.78 is 23.0. The molecule has 0 saturated carbocycles. The predicted octanol–water partition coefficient (Wildman–Crippen LogP) is 3.68. The first-order valence-electron chi connectivity index (χ1n) is 11.1. The Morgan fingerprint density at radius 1 is 1.19 bits per heavy atom. The van der Waals surface area contributed by atoms with Crippen LogP contribution < -0.4 is 10.1 Å². The minimum atomic E-state index is -0.940. The summed E-state index contributed by atoms with van der Waals surface area (Å²) in [7, 11) is 0. The number of aromatic hydroxyl groups is 1. The number of nitrogens with zero attached hydrogens (tertiary/aromatic N) is 4. The number of halogens is 1. The van der Waals surface area contributed by atoms with Crippen molar-refractivity contribution >= 4 is 5.57 Å². The van der Waals surface area contributed by atoms with Crippen LogP contribution in [0.15, 0.2) is 49.1 Å². The van der Waals surface area contributed by atoms with Gasteiger partial charge in [-0.25, -0.2) is 9.37 Å². The minimum absolute atomic E-state index is 0.0853. The molecule has 1 aromatic carbocycles. The number of phenolic OH excluding ortho intramolecular Hbond substituents is 1. The Morgan fingerprint density at radius 3 is 2.97 bits per heavy atom. The molecule has 4 atom stereocenters. The Kier molecular flexibility index (Phi) is 4.68. The monoisotopic (exact) mass is 433 g/mol. The summed E-state index contributed by atoms with van der Waals surface area (Å²) in [5.74, 6) is 0.478. The zero-order chi connectivity index (χ0) is 21.7. The zero-order valence-corrected chi connectivity index (χ0v) is 17.5.